The number of hydrogen-bond donors (Lipinski definition) is 1. The largest absolute Gasteiger partial charge is 0.389 e. The molecule has 0 amide bonds. The van der Waals surface area contributed by atoms with Gasteiger partial charge in [0.15, 0.2) is 0 Å². The Morgan fingerprint density at radius 3 is 2.08 bits per heavy atom. The summed E-state index contributed by atoms with van der Waals surface area (Å²) in [5.74, 6) is 2.76. The van der Waals surface area contributed by atoms with Crippen molar-refractivity contribution in [2.45, 2.75) is 95.3 Å². The molecule has 5 aliphatic rings. The average Bonchev–Trinajstić information content (AvgIpc) is 2.57. The highest BCUT2D eigenvalue weighted by Gasteiger charge is 2.51. The lowest BCUT2D eigenvalue weighted by molar-refractivity contribution is -0.176. The molecule has 0 spiro atoms. The molecule has 0 saturated heterocycles. The third kappa shape index (κ3) is 4.54. The van der Waals surface area contributed by atoms with Crippen molar-refractivity contribution >= 4 is 12.4 Å². The van der Waals surface area contributed by atoms with Crippen molar-refractivity contribution in [2.24, 2.45) is 17.8 Å². The standard InChI is InChI=1S/C21H37NO2.ClH/c1-2-22(19-6-4-3-5-7-19)14-20(23)15-24-21-11-16-8-17(12-21)10-18(9-16)13-21;/h16-20,23H,2-15H2,1H3;1H. The molecular weight excluding hydrogens is 334 g/mol. The van der Waals surface area contributed by atoms with Crippen LogP contribution in [-0.4, -0.2) is 47.4 Å². The lowest BCUT2D eigenvalue weighted by Gasteiger charge is -2.56. The zero-order chi connectivity index (χ0) is 16.6. The van der Waals surface area contributed by atoms with E-state index in [0.717, 1.165) is 30.8 Å². The summed E-state index contributed by atoms with van der Waals surface area (Å²) in [6.07, 6.45) is 14.6. The lowest BCUT2D eigenvalue weighted by atomic mass is 9.54. The van der Waals surface area contributed by atoms with Crippen LogP contribution in [0.3, 0.4) is 0 Å². The fourth-order valence-electron chi connectivity index (χ4n) is 6.79. The molecule has 4 heteroatoms. The summed E-state index contributed by atoms with van der Waals surface area (Å²) >= 11 is 0. The normalized spacial score (nSPS) is 38.8. The third-order valence-electron chi connectivity index (χ3n) is 7.51. The van der Waals surface area contributed by atoms with E-state index >= 15 is 0 Å². The van der Waals surface area contributed by atoms with E-state index in [9.17, 15) is 5.11 Å². The molecule has 0 heterocycles. The van der Waals surface area contributed by atoms with Crippen molar-refractivity contribution in [2.75, 3.05) is 19.7 Å². The number of nitrogens with zero attached hydrogens (tertiary/aromatic N) is 1. The summed E-state index contributed by atoms with van der Waals surface area (Å²) in [6.45, 7) is 4.64. The summed E-state index contributed by atoms with van der Waals surface area (Å²) in [6, 6.07) is 0.693. The molecule has 5 rings (SSSR count). The monoisotopic (exact) mass is 371 g/mol. The summed E-state index contributed by atoms with van der Waals surface area (Å²) in [5, 5.41) is 10.6. The minimum Gasteiger partial charge on any atom is -0.389 e. The number of hydrogen-bond acceptors (Lipinski definition) is 3. The molecule has 1 N–H and O–H groups in total. The molecule has 5 fully saturated rings. The molecule has 146 valence electrons. The van der Waals surface area contributed by atoms with Crippen LogP contribution in [0.5, 0.6) is 0 Å². The predicted octanol–water partition coefficient (Wildman–Crippen LogP) is 4.41. The average molecular weight is 372 g/mol. The maximum atomic E-state index is 10.6. The summed E-state index contributed by atoms with van der Waals surface area (Å²) in [4.78, 5) is 2.51. The van der Waals surface area contributed by atoms with Gasteiger partial charge in [0.05, 0.1) is 18.3 Å². The van der Waals surface area contributed by atoms with E-state index in [1.54, 1.807) is 0 Å². The Bertz CT molecular complexity index is 389. The Morgan fingerprint density at radius 1 is 1.00 bits per heavy atom. The third-order valence-corrected chi connectivity index (χ3v) is 7.51. The summed E-state index contributed by atoms with van der Waals surface area (Å²) in [7, 11) is 0. The first-order valence-electron chi connectivity index (χ1n) is 10.7. The molecule has 4 bridgehead atoms. The van der Waals surface area contributed by atoms with Gasteiger partial charge in [-0.05, 0) is 75.7 Å². The van der Waals surface area contributed by atoms with Gasteiger partial charge in [-0.3, -0.25) is 4.90 Å². The zero-order valence-electron chi connectivity index (χ0n) is 16.0. The van der Waals surface area contributed by atoms with Crippen LogP contribution < -0.4 is 0 Å². The van der Waals surface area contributed by atoms with Crippen LogP contribution in [0.25, 0.3) is 0 Å². The van der Waals surface area contributed by atoms with Gasteiger partial charge < -0.3 is 9.84 Å². The Kier molecular flexibility index (Phi) is 6.74. The van der Waals surface area contributed by atoms with Crippen LogP contribution in [0.2, 0.25) is 0 Å². The number of rotatable bonds is 7. The van der Waals surface area contributed by atoms with Crippen molar-refractivity contribution in [1.82, 2.24) is 4.90 Å². The van der Waals surface area contributed by atoms with Gasteiger partial charge >= 0.3 is 0 Å². The molecule has 0 aromatic carbocycles. The van der Waals surface area contributed by atoms with E-state index in [-0.39, 0.29) is 24.1 Å². The fraction of sp³-hybridized carbons (Fsp3) is 1.00. The van der Waals surface area contributed by atoms with Gasteiger partial charge in [-0.2, -0.15) is 0 Å². The van der Waals surface area contributed by atoms with Crippen LogP contribution in [0.4, 0.5) is 0 Å². The molecule has 25 heavy (non-hydrogen) atoms. The summed E-state index contributed by atoms with van der Waals surface area (Å²) < 4.78 is 6.46. The van der Waals surface area contributed by atoms with E-state index in [0.29, 0.717) is 12.6 Å². The highest BCUT2D eigenvalue weighted by Crippen LogP contribution is 2.57. The predicted molar refractivity (Wildman–Crippen MR) is 104 cm³/mol. The van der Waals surface area contributed by atoms with Crippen molar-refractivity contribution in [3.8, 4) is 0 Å². The maximum Gasteiger partial charge on any atom is 0.0900 e. The van der Waals surface area contributed by atoms with Crippen molar-refractivity contribution < 1.29 is 9.84 Å². The Labute approximate surface area is 160 Å². The smallest absolute Gasteiger partial charge is 0.0900 e. The zero-order valence-corrected chi connectivity index (χ0v) is 16.8. The molecule has 1 atom stereocenters. The molecule has 0 aromatic rings. The molecule has 5 aliphatic carbocycles. The number of likely N-dealkylation sites (N-methyl/N-ethyl adjacent to an activating group) is 1. The highest BCUT2D eigenvalue weighted by molar-refractivity contribution is 5.85. The molecule has 3 nitrogen and oxygen atoms in total. The van der Waals surface area contributed by atoms with E-state index in [4.69, 9.17) is 4.74 Å². The molecule has 0 aromatic heterocycles. The van der Waals surface area contributed by atoms with E-state index in [1.165, 1.54) is 70.6 Å². The molecule has 1 unspecified atom stereocenters. The second-order valence-corrected chi connectivity index (χ2v) is 9.44. The van der Waals surface area contributed by atoms with E-state index < -0.39 is 0 Å². The second-order valence-electron chi connectivity index (χ2n) is 9.44. The Balaban J connectivity index is 0.00000182. The molecule has 5 saturated carbocycles. The first-order valence-corrected chi connectivity index (χ1v) is 10.7. The molecule has 0 aliphatic heterocycles. The topological polar surface area (TPSA) is 32.7 Å². The van der Waals surface area contributed by atoms with Gasteiger partial charge in [0.2, 0.25) is 0 Å². The Morgan fingerprint density at radius 2 is 1.56 bits per heavy atom. The SMILES string of the molecule is CCN(CC(O)COC12CC3CC(CC(C3)C1)C2)C1CCCCC1.Cl. The first-order chi connectivity index (χ1) is 11.7. The Hall–Kier alpha value is 0.170. The van der Waals surface area contributed by atoms with Gasteiger partial charge in [0.1, 0.15) is 0 Å². The van der Waals surface area contributed by atoms with Gasteiger partial charge in [-0.15, -0.1) is 12.4 Å². The minimum absolute atomic E-state index is 0. The second kappa shape index (κ2) is 8.46. The van der Waals surface area contributed by atoms with Crippen LogP contribution in [0.15, 0.2) is 0 Å². The lowest BCUT2D eigenvalue weighted by Crippen LogP contribution is -2.53. The number of halogens is 1. The van der Waals surface area contributed by atoms with Crippen molar-refractivity contribution in [3.63, 3.8) is 0 Å². The van der Waals surface area contributed by atoms with Crippen molar-refractivity contribution in [3.05, 3.63) is 0 Å². The van der Waals surface area contributed by atoms with Gasteiger partial charge in [0.25, 0.3) is 0 Å². The first kappa shape index (κ1) is 19.9. The fourth-order valence-corrected chi connectivity index (χ4v) is 6.79. The summed E-state index contributed by atoms with van der Waals surface area (Å²) in [5.41, 5.74) is 0.137. The molecule has 0 radical (unpaired) electrons. The van der Waals surface area contributed by atoms with Crippen LogP contribution >= 0.6 is 12.4 Å². The highest BCUT2D eigenvalue weighted by atomic mass is 35.5. The van der Waals surface area contributed by atoms with Gasteiger partial charge in [-0.1, -0.05) is 26.2 Å². The van der Waals surface area contributed by atoms with E-state index in [2.05, 4.69) is 11.8 Å². The quantitative estimate of drug-likeness (QED) is 0.719. The van der Waals surface area contributed by atoms with Gasteiger partial charge in [0, 0.05) is 12.6 Å². The number of aliphatic hydroxyl groups excluding tert-OH is 1. The van der Waals surface area contributed by atoms with E-state index in [1.807, 2.05) is 0 Å². The minimum atomic E-state index is -0.320. The van der Waals surface area contributed by atoms with Crippen LogP contribution in [0.1, 0.15) is 77.6 Å². The van der Waals surface area contributed by atoms with Crippen LogP contribution in [0, 0.1) is 17.8 Å². The maximum absolute atomic E-state index is 10.6. The van der Waals surface area contributed by atoms with Crippen LogP contribution in [-0.2, 0) is 4.74 Å². The van der Waals surface area contributed by atoms with Gasteiger partial charge in [-0.25, -0.2) is 0 Å². The number of ether oxygens (including phenoxy) is 1. The van der Waals surface area contributed by atoms with Crippen molar-refractivity contribution in [1.29, 1.82) is 0 Å². The number of aliphatic hydroxyl groups is 1. The molecular formula is C21H38ClNO2.